The van der Waals surface area contributed by atoms with Crippen LogP contribution in [-0.2, 0) is 14.8 Å². The summed E-state index contributed by atoms with van der Waals surface area (Å²) in [5, 5.41) is 2.99. The number of amides is 2. The number of ether oxygens (including phenoxy) is 1. The number of sulfonamides is 1. The van der Waals surface area contributed by atoms with Gasteiger partial charge in [0.2, 0.25) is 10.0 Å². The molecule has 1 aliphatic rings. The fourth-order valence-electron chi connectivity index (χ4n) is 3.31. The third-order valence-corrected chi connectivity index (χ3v) is 7.04. The number of rotatable bonds is 10. The van der Waals surface area contributed by atoms with E-state index in [1.807, 2.05) is 19.1 Å². The minimum atomic E-state index is -3.67. The first-order valence-corrected chi connectivity index (χ1v) is 12.5. The molecule has 1 unspecified atom stereocenters. The smallest absolute Gasteiger partial charge is 0.259 e. The molecule has 0 radical (unpaired) electrons. The van der Waals surface area contributed by atoms with Gasteiger partial charge in [0.05, 0.1) is 10.9 Å². The molecule has 0 aliphatic heterocycles. The number of carbonyl (C=O) groups is 2. The molecular formula is C24H31N3O5S. The predicted octanol–water partition coefficient (Wildman–Crippen LogP) is 2.78. The second kappa shape index (κ2) is 10.4. The van der Waals surface area contributed by atoms with Crippen LogP contribution >= 0.6 is 0 Å². The van der Waals surface area contributed by atoms with Crippen LogP contribution in [0, 0.1) is 6.92 Å². The van der Waals surface area contributed by atoms with E-state index in [0.717, 1.165) is 18.4 Å². The van der Waals surface area contributed by atoms with Crippen LogP contribution in [0.25, 0.3) is 0 Å². The minimum Gasteiger partial charge on any atom is -0.483 e. The maximum absolute atomic E-state index is 13.2. The number of aryl methyl sites for hydroxylation is 1. The van der Waals surface area contributed by atoms with E-state index in [0.29, 0.717) is 23.3 Å². The van der Waals surface area contributed by atoms with Crippen molar-refractivity contribution >= 4 is 21.8 Å². The maximum atomic E-state index is 13.2. The molecule has 0 bridgehead atoms. The number of para-hydroxylation sites is 1. The Bertz CT molecular complexity index is 1130. The topological polar surface area (TPSA) is 105 Å². The van der Waals surface area contributed by atoms with Gasteiger partial charge in [-0.1, -0.05) is 31.2 Å². The maximum Gasteiger partial charge on any atom is 0.259 e. The van der Waals surface area contributed by atoms with Gasteiger partial charge in [0.25, 0.3) is 11.8 Å². The van der Waals surface area contributed by atoms with Gasteiger partial charge in [-0.25, -0.2) is 13.1 Å². The van der Waals surface area contributed by atoms with Gasteiger partial charge in [-0.15, -0.1) is 0 Å². The van der Waals surface area contributed by atoms with E-state index in [4.69, 9.17) is 4.74 Å². The second-order valence-corrected chi connectivity index (χ2v) is 10.1. The van der Waals surface area contributed by atoms with Crippen molar-refractivity contribution < 1.29 is 22.7 Å². The zero-order valence-electron chi connectivity index (χ0n) is 19.4. The third kappa shape index (κ3) is 6.33. The molecule has 0 heterocycles. The van der Waals surface area contributed by atoms with E-state index < -0.39 is 10.0 Å². The molecular weight excluding hydrogens is 442 g/mol. The summed E-state index contributed by atoms with van der Waals surface area (Å²) >= 11 is 0. The van der Waals surface area contributed by atoms with Crippen molar-refractivity contribution in [3.8, 4) is 5.75 Å². The van der Waals surface area contributed by atoms with Gasteiger partial charge in [0.1, 0.15) is 5.75 Å². The van der Waals surface area contributed by atoms with Gasteiger partial charge in [0, 0.05) is 31.3 Å². The first kappa shape index (κ1) is 24.7. The van der Waals surface area contributed by atoms with Crippen molar-refractivity contribution in [1.82, 2.24) is 14.9 Å². The molecule has 1 atom stereocenters. The SMILES string of the molecule is CCC(NC(=O)c1cc(S(=O)(=O)NC2CC2)ccc1C)c1ccccc1OCC(=O)N(C)C. The van der Waals surface area contributed by atoms with Crippen molar-refractivity contribution in [2.45, 2.75) is 50.1 Å². The lowest BCUT2D eigenvalue weighted by Gasteiger charge is -2.22. The fraction of sp³-hybridized carbons (Fsp3) is 0.417. The lowest BCUT2D eigenvalue weighted by molar-refractivity contribution is -0.130. The van der Waals surface area contributed by atoms with Gasteiger partial charge in [-0.3, -0.25) is 9.59 Å². The zero-order valence-corrected chi connectivity index (χ0v) is 20.2. The normalized spacial score (nSPS) is 14.4. The molecule has 8 nitrogen and oxygen atoms in total. The summed E-state index contributed by atoms with van der Waals surface area (Å²) in [7, 11) is -0.359. The van der Waals surface area contributed by atoms with Gasteiger partial charge >= 0.3 is 0 Å². The van der Waals surface area contributed by atoms with Gasteiger partial charge in [-0.2, -0.15) is 0 Å². The summed E-state index contributed by atoms with van der Waals surface area (Å²) < 4.78 is 33.6. The molecule has 9 heteroatoms. The number of hydrogen-bond acceptors (Lipinski definition) is 5. The molecule has 0 saturated heterocycles. The lowest BCUT2D eigenvalue weighted by Crippen LogP contribution is -2.31. The van der Waals surface area contributed by atoms with Crippen LogP contribution in [0.5, 0.6) is 5.75 Å². The standard InChI is InChI=1S/C24H31N3O5S/c1-5-21(19-8-6-7-9-22(19)32-15-23(28)27(3)4)25-24(29)20-14-18(13-10-16(20)2)33(30,31)26-17-11-12-17/h6-10,13-14,17,21,26H,5,11-12,15H2,1-4H3,(H,25,29). The first-order chi connectivity index (χ1) is 15.6. The molecule has 2 aromatic carbocycles. The molecule has 2 N–H and O–H groups in total. The van der Waals surface area contributed by atoms with Crippen LogP contribution in [0.2, 0.25) is 0 Å². The third-order valence-electron chi connectivity index (χ3n) is 5.52. The van der Waals surface area contributed by atoms with Gasteiger partial charge < -0.3 is 15.0 Å². The Morgan fingerprint density at radius 1 is 1.15 bits per heavy atom. The van der Waals surface area contributed by atoms with E-state index in [-0.39, 0.29) is 35.4 Å². The van der Waals surface area contributed by atoms with E-state index in [1.54, 1.807) is 39.2 Å². The van der Waals surface area contributed by atoms with Crippen molar-refractivity contribution in [1.29, 1.82) is 0 Å². The second-order valence-electron chi connectivity index (χ2n) is 8.42. The Morgan fingerprint density at radius 2 is 1.85 bits per heavy atom. The monoisotopic (exact) mass is 473 g/mol. The largest absolute Gasteiger partial charge is 0.483 e. The lowest BCUT2D eigenvalue weighted by atomic mass is 10.0. The first-order valence-electron chi connectivity index (χ1n) is 11.0. The summed E-state index contributed by atoms with van der Waals surface area (Å²) in [5.41, 5.74) is 1.72. The van der Waals surface area contributed by atoms with E-state index in [2.05, 4.69) is 10.0 Å². The molecule has 1 fully saturated rings. The summed E-state index contributed by atoms with van der Waals surface area (Å²) in [6, 6.07) is 11.4. The van der Waals surface area contributed by atoms with Crippen LogP contribution < -0.4 is 14.8 Å². The zero-order chi connectivity index (χ0) is 24.2. The van der Waals surface area contributed by atoms with E-state index in [1.165, 1.54) is 17.0 Å². The number of benzene rings is 2. The Balaban J connectivity index is 1.80. The highest BCUT2D eigenvalue weighted by Gasteiger charge is 2.29. The molecule has 0 aromatic heterocycles. The summed E-state index contributed by atoms with van der Waals surface area (Å²) in [6.45, 7) is 3.59. The fourth-order valence-corrected chi connectivity index (χ4v) is 4.64. The van der Waals surface area contributed by atoms with E-state index in [9.17, 15) is 18.0 Å². The van der Waals surface area contributed by atoms with Crippen LogP contribution in [0.1, 0.15) is 53.7 Å². The highest BCUT2D eigenvalue weighted by Crippen LogP contribution is 2.28. The predicted molar refractivity (Wildman–Crippen MR) is 126 cm³/mol. The van der Waals surface area contributed by atoms with Crippen LogP contribution in [0.3, 0.4) is 0 Å². The van der Waals surface area contributed by atoms with Gasteiger partial charge in [0.15, 0.2) is 6.61 Å². The number of nitrogens with one attached hydrogen (secondary N) is 2. The minimum absolute atomic E-state index is 0.0195. The van der Waals surface area contributed by atoms with Crippen LogP contribution in [0.15, 0.2) is 47.4 Å². The van der Waals surface area contributed by atoms with E-state index >= 15 is 0 Å². The highest BCUT2D eigenvalue weighted by molar-refractivity contribution is 7.89. The molecule has 2 amide bonds. The van der Waals surface area contributed by atoms with Gasteiger partial charge in [-0.05, 0) is 49.9 Å². The quantitative estimate of drug-likeness (QED) is 0.552. The number of carbonyl (C=O) groups excluding carboxylic acids is 2. The summed E-state index contributed by atoms with van der Waals surface area (Å²) in [6.07, 6.45) is 2.24. The van der Waals surface area contributed by atoms with Crippen LogP contribution in [-0.4, -0.2) is 51.9 Å². The molecule has 3 rings (SSSR count). The van der Waals surface area contributed by atoms with Crippen molar-refractivity contribution in [3.05, 3.63) is 59.2 Å². The average Bonchev–Trinajstić information content (AvgIpc) is 3.59. The number of nitrogens with zero attached hydrogens (tertiary/aromatic N) is 1. The molecule has 2 aromatic rings. The number of likely N-dealkylation sites (N-methyl/N-ethyl adjacent to an activating group) is 1. The Kier molecular flexibility index (Phi) is 7.76. The average molecular weight is 474 g/mol. The van der Waals surface area contributed by atoms with Crippen molar-refractivity contribution in [2.75, 3.05) is 20.7 Å². The number of hydrogen-bond donors (Lipinski definition) is 2. The van der Waals surface area contributed by atoms with Crippen LogP contribution in [0.4, 0.5) is 0 Å². The molecule has 1 aliphatic carbocycles. The molecule has 1 saturated carbocycles. The summed E-state index contributed by atoms with van der Waals surface area (Å²) in [5.74, 6) is -0.0288. The molecule has 178 valence electrons. The van der Waals surface area contributed by atoms with Crippen molar-refractivity contribution in [2.24, 2.45) is 0 Å². The Labute approximate surface area is 195 Å². The Hall–Kier alpha value is -2.91. The molecule has 0 spiro atoms. The Morgan fingerprint density at radius 3 is 2.48 bits per heavy atom. The highest BCUT2D eigenvalue weighted by atomic mass is 32.2. The summed E-state index contributed by atoms with van der Waals surface area (Å²) in [4.78, 5) is 26.6. The molecule has 33 heavy (non-hydrogen) atoms. The van der Waals surface area contributed by atoms with Crippen molar-refractivity contribution in [3.63, 3.8) is 0 Å².